The van der Waals surface area contributed by atoms with Crippen molar-refractivity contribution in [3.05, 3.63) is 169 Å². The Labute approximate surface area is 212 Å². The number of anilines is 2. The van der Waals surface area contributed by atoms with E-state index in [1.807, 2.05) is 6.07 Å². The Kier molecular flexibility index (Phi) is 5.85. The van der Waals surface area contributed by atoms with E-state index in [1.54, 1.807) is 0 Å². The third-order valence-electron chi connectivity index (χ3n) is 6.96. The molecule has 0 heterocycles. The summed E-state index contributed by atoms with van der Waals surface area (Å²) < 4.78 is 0. The maximum absolute atomic E-state index is 3.95. The molecule has 1 aliphatic carbocycles. The second-order valence-electron chi connectivity index (χ2n) is 9.22. The van der Waals surface area contributed by atoms with Gasteiger partial charge in [-0.05, 0) is 52.2 Å². The van der Waals surface area contributed by atoms with Crippen molar-refractivity contribution in [1.29, 1.82) is 0 Å². The van der Waals surface area contributed by atoms with Crippen LogP contribution in [-0.4, -0.2) is 0 Å². The molecule has 0 aromatic heterocycles. The first-order valence-corrected chi connectivity index (χ1v) is 12.4. The first-order valence-electron chi connectivity index (χ1n) is 12.4. The van der Waals surface area contributed by atoms with Crippen molar-refractivity contribution < 1.29 is 0 Å². The predicted molar refractivity (Wildman–Crippen MR) is 152 cm³/mol. The molecule has 5 aromatic carbocycles. The van der Waals surface area contributed by atoms with Gasteiger partial charge in [0.1, 0.15) is 0 Å². The van der Waals surface area contributed by atoms with Crippen LogP contribution in [0, 0.1) is 0 Å². The molecule has 0 saturated heterocycles. The van der Waals surface area contributed by atoms with E-state index in [0.717, 1.165) is 17.1 Å². The van der Waals surface area contributed by atoms with Crippen LogP contribution in [0.15, 0.2) is 157 Å². The third-order valence-corrected chi connectivity index (χ3v) is 6.96. The summed E-state index contributed by atoms with van der Waals surface area (Å²) in [5, 5.41) is 10.1. The Hall–Kier alpha value is -4.56. The number of hydrogen-bond acceptors (Lipinski definition) is 2. The van der Waals surface area contributed by atoms with Gasteiger partial charge in [0.2, 0.25) is 0 Å². The van der Waals surface area contributed by atoms with Crippen LogP contribution in [0.25, 0.3) is 10.8 Å². The van der Waals surface area contributed by atoms with Gasteiger partial charge in [-0.25, -0.2) is 0 Å². The summed E-state index contributed by atoms with van der Waals surface area (Å²) >= 11 is 0. The van der Waals surface area contributed by atoms with Gasteiger partial charge in [-0.15, -0.1) is 0 Å². The number of fused-ring (bicyclic) bond motifs is 1. The zero-order valence-electron chi connectivity index (χ0n) is 20.0. The number of nitrogens with one attached hydrogen (secondary N) is 2. The van der Waals surface area contributed by atoms with Gasteiger partial charge in [-0.3, -0.25) is 0 Å². The van der Waals surface area contributed by atoms with Crippen LogP contribution in [0.2, 0.25) is 0 Å². The van der Waals surface area contributed by atoms with E-state index in [-0.39, 0.29) is 5.92 Å². The largest absolute Gasteiger partial charge is 0.371 e. The minimum Gasteiger partial charge on any atom is -0.371 e. The molecular weight excluding hydrogens is 436 g/mol. The third kappa shape index (κ3) is 4.18. The Morgan fingerprint density at radius 1 is 0.556 bits per heavy atom. The molecule has 2 nitrogen and oxygen atoms in total. The average Bonchev–Trinajstić information content (AvgIpc) is 2.95. The molecular formula is C34H28N2. The van der Waals surface area contributed by atoms with Gasteiger partial charge < -0.3 is 10.6 Å². The standard InChI is InChI=1S/C34H28N2/c1-4-15-27(16-5-1)34(36-29-19-8-3-9-20-29)24-23-30(35-28-17-6-2-7-18-28)25-33(34)32-22-12-14-26-13-10-11-21-31(26)32/h1-25,33,35-36H. The molecule has 2 heteroatoms. The van der Waals surface area contributed by atoms with Crippen LogP contribution >= 0.6 is 0 Å². The van der Waals surface area contributed by atoms with Crippen LogP contribution in [0.4, 0.5) is 11.4 Å². The van der Waals surface area contributed by atoms with E-state index in [2.05, 4.69) is 156 Å². The van der Waals surface area contributed by atoms with E-state index < -0.39 is 5.54 Å². The average molecular weight is 465 g/mol. The summed E-state index contributed by atoms with van der Waals surface area (Å²) in [6.07, 6.45) is 6.91. The minimum atomic E-state index is -0.478. The van der Waals surface area contributed by atoms with Gasteiger partial charge in [0.15, 0.2) is 0 Å². The topological polar surface area (TPSA) is 24.1 Å². The molecule has 0 saturated carbocycles. The number of benzene rings is 5. The van der Waals surface area contributed by atoms with Crippen molar-refractivity contribution in [2.45, 2.75) is 11.5 Å². The molecule has 174 valence electrons. The Morgan fingerprint density at radius 2 is 1.17 bits per heavy atom. The van der Waals surface area contributed by atoms with E-state index in [1.165, 1.54) is 21.9 Å². The lowest BCUT2D eigenvalue weighted by Gasteiger charge is -2.42. The van der Waals surface area contributed by atoms with Crippen LogP contribution in [-0.2, 0) is 5.54 Å². The highest BCUT2D eigenvalue weighted by atomic mass is 15.0. The van der Waals surface area contributed by atoms with Gasteiger partial charge >= 0.3 is 0 Å². The summed E-state index contributed by atoms with van der Waals surface area (Å²) in [5.74, 6) is 0.0300. The molecule has 0 fully saturated rings. The van der Waals surface area contributed by atoms with E-state index in [0.29, 0.717) is 0 Å². The molecule has 0 bridgehead atoms. The van der Waals surface area contributed by atoms with Crippen molar-refractivity contribution in [3.63, 3.8) is 0 Å². The first-order chi connectivity index (χ1) is 17.8. The van der Waals surface area contributed by atoms with Crippen molar-refractivity contribution in [2.24, 2.45) is 0 Å². The highest BCUT2D eigenvalue weighted by Crippen LogP contribution is 2.47. The molecule has 6 rings (SSSR count). The van der Waals surface area contributed by atoms with Crippen LogP contribution < -0.4 is 10.6 Å². The molecule has 5 aromatic rings. The van der Waals surface area contributed by atoms with Gasteiger partial charge in [0.25, 0.3) is 0 Å². The van der Waals surface area contributed by atoms with E-state index >= 15 is 0 Å². The highest BCUT2D eigenvalue weighted by Gasteiger charge is 2.41. The number of hydrogen-bond donors (Lipinski definition) is 2. The van der Waals surface area contributed by atoms with Crippen molar-refractivity contribution in [2.75, 3.05) is 10.6 Å². The number of rotatable bonds is 6. The zero-order valence-corrected chi connectivity index (χ0v) is 20.0. The fourth-order valence-corrected chi connectivity index (χ4v) is 5.26. The maximum atomic E-state index is 3.95. The lowest BCUT2D eigenvalue weighted by atomic mass is 9.70. The molecule has 1 aliphatic rings. The van der Waals surface area contributed by atoms with Crippen LogP contribution in [0.1, 0.15) is 17.0 Å². The lowest BCUT2D eigenvalue weighted by molar-refractivity contribution is 0.540. The molecule has 0 aliphatic heterocycles. The molecule has 2 N–H and O–H groups in total. The molecule has 0 amide bonds. The summed E-state index contributed by atoms with van der Waals surface area (Å²) in [6.45, 7) is 0. The summed E-state index contributed by atoms with van der Waals surface area (Å²) in [4.78, 5) is 0. The summed E-state index contributed by atoms with van der Waals surface area (Å²) in [5.41, 5.74) is 5.28. The molecule has 2 atom stereocenters. The fraction of sp³-hybridized carbons (Fsp3) is 0.0588. The second kappa shape index (κ2) is 9.59. The van der Waals surface area contributed by atoms with Gasteiger partial charge in [0.05, 0.1) is 5.54 Å². The van der Waals surface area contributed by atoms with Crippen LogP contribution in [0.5, 0.6) is 0 Å². The Balaban J connectivity index is 1.56. The quantitative estimate of drug-likeness (QED) is 0.263. The molecule has 0 spiro atoms. The smallest absolute Gasteiger partial charge is 0.0918 e. The second-order valence-corrected chi connectivity index (χ2v) is 9.22. The van der Waals surface area contributed by atoms with E-state index in [9.17, 15) is 0 Å². The summed E-state index contributed by atoms with van der Waals surface area (Å²) in [6, 6.07) is 46.9. The van der Waals surface area contributed by atoms with Gasteiger partial charge in [-0.1, -0.05) is 121 Å². The number of para-hydroxylation sites is 2. The Bertz CT molecular complexity index is 1520. The molecule has 36 heavy (non-hydrogen) atoms. The van der Waals surface area contributed by atoms with Crippen molar-refractivity contribution in [3.8, 4) is 0 Å². The number of allylic oxidation sites excluding steroid dienone is 1. The van der Waals surface area contributed by atoms with Crippen molar-refractivity contribution in [1.82, 2.24) is 0 Å². The molecule has 2 unspecified atom stereocenters. The van der Waals surface area contributed by atoms with E-state index in [4.69, 9.17) is 0 Å². The van der Waals surface area contributed by atoms with Crippen LogP contribution in [0.3, 0.4) is 0 Å². The highest BCUT2D eigenvalue weighted by molar-refractivity contribution is 5.87. The maximum Gasteiger partial charge on any atom is 0.0918 e. The lowest BCUT2D eigenvalue weighted by Crippen LogP contribution is -2.41. The first kappa shape index (κ1) is 21.9. The van der Waals surface area contributed by atoms with Crippen molar-refractivity contribution >= 4 is 22.1 Å². The van der Waals surface area contributed by atoms with Gasteiger partial charge in [-0.2, -0.15) is 0 Å². The van der Waals surface area contributed by atoms with Gasteiger partial charge in [0, 0.05) is 23.0 Å². The molecule has 0 radical (unpaired) electrons. The Morgan fingerprint density at radius 3 is 1.92 bits per heavy atom. The zero-order chi connectivity index (χ0) is 24.2. The summed E-state index contributed by atoms with van der Waals surface area (Å²) in [7, 11) is 0. The minimum absolute atomic E-state index is 0.0300. The fourth-order valence-electron chi connectivity index (χ4n) is 5.26. The normalized spacial score (nSPS) is 19.0. The SMILES string of the molecule is C1=CC(Nc2ccccc2)(c2ccccc2)C(c2cccc3ccccc23)C=C1Nc1ccccc1. The monoisotopic (exact) mass is 464 g/mol. The predicted octanol–water partition coefficient (Wildman–Crippen LogP) is 8.50.